The van der Waals surface area contributed by atoms with Crippen LogP contribution < -0.4 is 11.1 Å². The first-order valence-corrected chi connectivity index (χ1v) is 5.20. The summed E-state index contributed by atoms with van der Waals surface area (Å²) >= 11 is 0. The molecule has 0 fully saturated rings. The molecule has 82 valence electrons. The second-order valence-electron chi connectivity index (χ2n) is 3.83. The van der Waals surface area contributed by atoms with Crippen molar-refractivity contribution in [1.29, 1.82) is 0 Å². The molecular weight excluding hydrogens is 188 g/mol. The van der Waals surface area contributed by atoms with E-state index in [4.69, 9.17) is 5.73 Å². The van der Waals surface area contributed by atoms with Crippen molar-refractivity contribution in [3.63, 3.8) is 0 Å². The van der Waals surface area contributed by atoms with Crippen LogP contribution in [0.15, 0.2) is 24.3 Å². The van der Waals surface area contributed by atoms with Crippen molar-refractivity contribution in [1.82, 2.24) is 0 Å². The van der Waals surface area contributed by atoms with Crippen LogP contribution in [-0.4, -0.2) is 18.4 Å². The van der Waals surface area contributed by atoms with Crippen LogP contribution in [0.5, 0.6) is 0 Å². The Morgan fingerprint density at radius 2 is 2.27 bits per heavy atom. The number of nitrogens with one attached hydrogen (secondary N) is 1. The van der Waals surface area contributed by atoms with Gasteiger partial charge in [0.1, 0.15) is 0 Å². The van der Waals surface area contributed by atoms with Crippen LogP contribution in [0.3, 0.4) is 0 Å². The van der Waals surface area contributed by atoms with Gasteiger partial charge in [-0.2, -0.15) is 0 Å². The van der Waals surface area contributed by atoms with Gasteiger partial charge in [-0.15, -0.1) is 0 Å². The number of carbonyl (C=O) groups excluding carboxylic acids is 1. The van der Waals surface area contributed by atoms with Crippen molar-refractivity contribution in [2.75, 3.05) is 11.9 Å². The van der Waals surface area contributed by atoms with E-state index in [2.05, 4.69) is 5.32 Å². The SMILES string of the molecule is CC(=O)c1cccc(NCCC(C)N)c1. The molecule has 0 radical (unpaired) electrons. The molecule has 0 bridgehead atoms. The van der Waals surface area contributed by atoms with Crippen LogP contribution in [-0.2, 0) is 0 Å². The molecule has 1 rings (SSSR count). The smallest absolute Gasteiger partial charge is 0.159 e. The van der Waals surface area contributed by atoms with E-state index in [1.165, 1.54) is 0 Å². The highest BCUT2D eigenvalue weighted by atomic mass is 16.1. The Morgan fingerprint density at radius 1 is 1.53 bits per heavy atom. The van der Waals surface area contributed by atoms with E-state index < -0.39 is 0 Å². The Hall–Kier alpha value is -1.35. The van der Waals surface area contributed by atoms with Gasteiger partial charge in [-0.1, -0.05) is 12.1 Å². The lowest BCUT2D eigenvalue weighted by Gasteiger charge is -2.08. The standard InChI is InChI=1S/C12H18N2O/c1-9(13)6-7-14-12-5-3-4-11(8-12)10(2)15/h3-5,8-9,14H,6-7,13H2,1-2H3. The van der Waals surface area contributed by atoms with Gasteiger partial charge in [0.05, 0.1) is 0 Å². The molecule has 0 aliphatic carbocycles. The van der Waals surface area contributed by atoms with Crippen LogP contribution in [0.25, 0.3) is 0 Å². The van der Waals surface area contributed by atoms with E-state index in [1.54, 1.807) is 6.92 Å². The fraction of sp³-hybridized carbons (Fsp3) is 0.417. The highest BCUT2D eigenvalue weighted by Gasteiger charge is 2.00. The normalized spacial score (nSPS) is 12.2. The quantitative estimate of drug-likeness (QED) is 0.725. The first-order valence-electron chi connectivity index (χ1n) is 5.20. The van der Waals surface area contributed by atoms with Gasteiger partial charge < -0.3 is 11.1 Å². The summed E-state index contributed by atoms with van der Waals surface area (Å²) in [7, 11) is 0. The Labute approximate surface area is 90.7 Å². The lowest BCUT2D eigenvalue weighted by Crippen LogP contribution is -2.19. The van der Waals surface area contributed by atoms with E-state index in [-0.39, 0.29) is 11.8 Å². The second-order valence-corrected chi connectivity index (χ2v) is 3.83. The molecule has 1 atom stereocenters. The summed E-state index contributed by atoms with van der Waals surface area (Å²) in [5.41, 5.74) is 7.35. The number of Topliss-reactive ketones (excluding diaryl/α,β-unsaturated/α-hetero) is 1. The Balaban J connectivity index is 2.54. The number of rotatable bonds is 5. The molecule has 0 heterocycles. The van der Waals surface area contributed by atoms with Crippen molar-refractivity contribution < 1.29 is 4.79 Å². The monoisotopic (exact) mass is 206 g/mol. The van der Waals surface area contributed by atoms with E-state index in [1.807, 2.05) is 31.2 Å². The van der Waals surface area contributed by atoms with Crippen LogP contribution in [0.2, 0.25) is 0 Å². The first kappa shape index (κ1) is 11.7. The Bertz CT molecular complexity index is 334. The minimum absolute atomic E-state index is 0.0887. The lowest BCUT2D eigenvalue weighted by atomic mass is 10.1. The molecule has 3 heteroatoms. The topological polar surface area (TPSA) is 55.1 Å². The number of carbonyl (C=O) groups is 1. The van der Waals surface area contributed by atoms with Gasteiger partial charge in [-0.05, 0) is 32.4 Å². The van der Waals surface area contributed by atoms with Gasteiger partial charge in [-0.3, -0.25) is 4.79 Å². The summed E-state index contributed by atoms with van der Waals surface area (Å²) in [6.45, 7) is 4.38. The van der Waals surface area contributed by atoms with Crippen molar-refractivity contribution in [2.45, 2.75) is 26.3 Å². The number of hydrogen-bond acceptors (Lipinski definition) is 3. The summed E-state index contributed by atoms with van der Waals surface area (Å²) < 4.78 is 0. The largest absolute Gasteiger partial charge is 0.385 e. The predicted octanol–water partition coefficient (Wildman–Crippen LogP) is 2.04. The van der Waals surface area contributed by atoms with E-state index in [9.17, 15) is 4.79 Å². The molecule has 3 nitrogen and oxygen atoms in total. The third kappa shape index (κ3) is 4.13. The molecule has 3 N–H and O–H groups in total. The molecular formula is C12H18N2O. The highest BCUT2D eigenvalue weighted by molar-refractivity contribution is 5.94. The first-order chi connectivity index (χ1) is 7.09. The summed E-state index contributed by atoms with van der Waals surface area (Å²) in [6.07, 6.45) is 0.921. The average Bonchev–Trinajstić information content (AvgIpc) is 2.17. The molecule has 0 aliphatic rings. The van der Waals surface area contributed by atoms with Crippen molar-refractivity contribution in [2.24, 2.45) is 5.73 Å². The third-order valence-corrected chi connectivity index (χ3v) is 2.20. The Kier molecular flexibility index (Phi) is 4.31. The zero-order valence-corrected chi connectivity index (χ0v) is 9.29. The molecule has 0 aliphatic heterocycles. The Morgan fingerprint density at radius 3 is 2.87 bits per heavy atom. The number of benzene rings is 1. The fourth-order valence-electron chi connectivity index (χ4n) is 1.29. The number of nitrogens with two attached hydrogens (primary N) is 1. The van der Waals surface area contributed by atoms with Crippen molar-refractivity contribution in [3.05, 3.63) is 29.8 Å². The van der Waals surface area contributed by atoms with Gasteiger partial charge in [0.2, 0.25) is 0 Å². The van der Waals surface area contributed by atoms with Crippen molar-refractivity contribution in [3.8, 4) is 0 Å². The van der Waals surface area contributed by atoms with Gasteiger partial charge in [0, 0.05) is 23.8 Å². The molecule has 1 aromatic rings. The summed E-state index contributed by atoms with van der Waals surface area (Å²) in [5, 5.41) is 3.24. The molecule has 0 saturated carbocycles. The second kappa shape index (κ2) is 5.51. The molecule has 0 aromatic heterocycles. The molecule has 0 amide bonds. The van der Waals surface area contributed by atoms with Gasteiger partial charge >= 0.3 is 0 Å². The number of ketones is 1. The lowest BCUT2D eigenvalue weighted by molar-refractivity contribution is 0.101. The predicted molar refractivity (Wildman–Crippen MR) is 63.2 cm³/mol. The molecule has 0 saturated heterocycles. The minimum Gasteiger partial charge on any atom is -0.385 e. The zero-order chi connectivity index (χ0) is 11.3. The van der Waals surface area contributed by atoms with E-state index in [0.717, 1.165) is 24.2 Å². The molecule has 0 spiro atoms. The van der Waals surface area contributed by atoms with Crippen molar-refractivity contribution >= 4 is 11.5 Å². The molecule has 15 heavy (non-hydrogen) atoms. The average molecular weight is 206 g/mol. The van der Waals surface area contributed by atoms with Gasteiger partial charge in [0.15, 0.2) is 5.78 Å². The van der Waals surface area contributed by atoms with Gasteiger partial charge in [-0.25, -0.2) is 0 Å². The van der Waals surface area contributed by atoms with Gasteiger partial charge in [0.25, 0.3) is 0 Å². The van der Waals surface area contributed by atoms with E-state index in [0.29, 0.717) is 0 Å². The van der Waals surface area contributed by atoms with Crippen LogP contribution in [0.4, 0.5) is 5.69 Å². The summed E-state index contributed by atoms with van der Waals surface area (Å²) in [4.78, 5) is 11.1. The van der Waals surface area contributed by atoms with Crippen LogP contribution >= 0.6 is 0 Å². The maximum atomic E-state index is 11.1. The summed E-state index contributed by atoms with van der Waals surface area (Å²) in [5.74, 6) is 0.0887. The number of hydrogen-bond donors (Lipinski definition) is 2. The van der Waals surface area contributed by atoms with Crippen LogP contribution in [0, 0.1) is 0 Å². The molecule has 1 aromatic carbocycles. The van der Waals surface area contributed by atoms with E-state index >= 15 is 0 Å². The maximum absolute atomic E-state index is 11.1. The van der Waals surface area contributed by atoms with Crippen LogP contribution in [0.1, 0.15) is 30.6 Å². The maximum Gasteiger partial charge on any atom is 0.159 e. The highest BCUT2D eigenvalue weighted by Crippen LogP contribution is 2.11. The number of anilines is 1. The fourth-order valence-corrected chi connectivity index (χ4v) is 1.29. The zero-order valence-electron chi connectivity index (χ0n) is 9.29. The third-order valence-electron chi connectivity index (χ3n) is 2.20. The minimum atomic E-state index is 0.0887. The summed E-state index contributed by atoms with van der Waals surface area (Å²) in [6, 6.07) is 7.72. The molecule has 1 unspecified atom stereocenters.